The van der Waals surface area contributed by atoms with Crippen LogP contribution in [0.25, 0.3) is 10.7 Å². The van der Waals surface area contributed by atoms with Crippen LogP contribution in [0.4, 0.5) is 0 Å². The zero-order chi connectivity index (χ0) is 11.2. The number of hydrogen-bond donors (Lipinski definition) is 1. The highest BCUT2D eigenvalue weighted by atomic mass is 32.1. The van der Waals surface area contributed by atoms with E-state index in [0.717, 1.165) is 29.4 Å². The van der Waals surface area contributed by atoms with Crippen molar-refractivity contribution in [2.75, 3.05) is 0 Å². The second-order valence-corrected chi connectivity index (χ2v) is 5.32. The van der Waals surface area contributed by atoms with E-state index in [9.17, 15) is 0 Å². The number of aryl methyl sites for hydroxylation is 1. The highest BCUT2D eigenvalue weighted by Crippen LogP contribution is 2.38. The maximum absolute atomic E-state index is 6.27. The summed E-state index contributed by atoms with van der Waals surface area (Å²) < 4.78 is 1.83. The van der Waals surface area contributed by atoms with E-state index in [1.165, 1.54) is 6.42 Å². The standard InChI is InChI=1S/C11H14N4S/c1-15-10(11(12)5-3-6-11)13-9(14-15)8-4-2-7-16-8/h2,4,7H,3,5-6,12H2,1H3. The van der Waals surface area contributed by atoms with E-state index in [4.69, 9.17) is 5.73 Å². The van der Waals surface area contributed by atoms with Crippen molar-refractivity contribution in [2.24, 2.45) is 12.8 Å². The molecule has 0 atom stereocenters. The van der Waals surface area contributed by atoms with Gasteiger partial charge in [-0.15, -0.1) is 11.3 Å². The van der Waals surface area contributed by atoms with Gasteiger partial charge in [0.1, 0.15) is 5.82 Å². The van der Waals surface area contributed by atoms with Gasteiger partial charge in [0.05, 0.1) is 10.4 Å². The molecule has 16 heavy (non-hydrogen) atoms. The normalized spacial score (nSPS) is 18.4. The lowest BCUT2D eigenvalue weighted by Crippen LogP contribution is -2.45. The summed E-state index contributed by atoms with van der Waals surface area (Å²) in [5.41, 5.74) is 6.03. The summed E-state index contributed by atoms with van der Waals surface area (Å²) in [6.07, 6.45) is 3.23. The van der Waals surface area contributed by atoms with Gasteiger partial charge in [0.25, 0.3) is 0 Å². The van der Waals surface area contributed by atoms with Gasteiger partial charge in [0.15, 0.2) is 5.82 Å². The molecule has 0 spiro atoms. The largest absolute Gasteiger partial charge is 0.319 e. The Morgan fingerprint density at radius 1 is 1.50 bits per heavy atom. The fourth-order valence-corrected chi connectivity index (χ4v) is 2.76. The second-order valence-electron chi connectivity index (χ2n) is 4.37. The van der Waals surface area contributed by atoms with Crippen molar-refractivity contribution in [2.45, 2.75) is 24.8 Å². The number of nitrogens with two attached hydrogens (primary N) is 1. The summed E-state index contributed by atoms with van der Waals surface area (Å²) in [4.78, 5) is 5.68. The predicted molar refractivity (Wildman–Crippen MR) is 64.0 cm³/mol. The minimum Gasteiger partial charge on any atom is -0.319 e. The maximum atomic E-state index is 6.27. The van der Waals surface area contributed by atoms with Crippen molar-refractivity contribution >= 4 is 11.3 Å². The molecule has 1 aliphatic carbocycles. The third-order valence-corrected chi connectivity index (χ3v) is 4.06. The summed E-state index contributed by atoms with van der Waals surface area (Å²) in [5.74, 6) is 1.71. The summed E-state index contributed by atoms with van der Waals surface area (Å²) in [5, 5.41) is 6.47. The van der Waals surface area contributed by atoms with Gasteiger partial charge in [-0.25, -0.2) is 4.98 Å². The van der Waals surface area contributed by atoms with E-state index < -0.39 is 0 Å². The van der Waals surface area contributed by atoms with Gasteiger partial charge in [0, 0.05) is 7.05 Å². The summed E-state index contributed by atoms with van der Waals surface area (Å²) in [7, 11) is 1.92. The quantitative estimate of drug-likeness (QED) is 0.863. The van der Waals surface area contributed by atoms with Gasteiger partial charge >= 0.3 is 0 Å². The Morgan fingerprint density at radius 2 is 2.31 bits per heavy atom. The molecule has 0 unspecified atom stereocenters. The molecule has 0 aromatic carbocycles. The fourth-order valence-electron chi connectivity index (χ4n) is 2.11. The van der Waals surface area contributed by atoms with Crippen molar-refractivity contribution in [1.82, 2.24) is 14.8 Å². The van der Waals surface area contributed by atoms with E-state index >= 15 is 0 Å². The van der Waals surface area contributed by atoms with Crippen LogP contribution in [0.5, 0.6) is 0 Å². The molecule has 1 fully saturated rings. The minimum atomic E-state index is -0.239. The van der Waals surface area contributed by atoms with Crippen LogP contribution in [0.2, 0.25) is 0 Å². The molecule has 0 aliphatic heterocycles. The SMILES string of the molecule is Cn1nc(-c2cccs2)nc1C1(N)CCC1. The van der Waals surface area contributed by atoms with Crippen LogP contribution in [0.3, 0.4) is 0 Å². The van der Waals surface area contributed by atoms with E-state index in [-0.39, 0.29) is 5.54 Å². The molecule has 5 heteroatoms. The summed E-state index contributed by atoms with van der Waals surface area (Å²) >= 11 is 1.66. The Bertz CT molecular complexity index is 496. The van der Waals surface area contributed by atoms with Gasteiger partial charge in [0.2, 0.25) is 0 Å². The van der Waals surface area contributed by atoms with Crippen LogP contribution in [0, 0.1) is 0 Å². The Morgan fingerprint density at radius 3 is 2.88 bits per heavy atom. The average Bonchev–Trinajstić information content (AvgIpc) is 2.82. The average molecular weight is 234 g/mol. The molecule has 0 amide bonds. The van der Waals surface area contributed by atoms with Crippen LogP contribution in [-0.4, -0.2) is 14.8 Å². The smallest absolute Gasteiger partial charge is 0.191 e. The first-order valence-electron chi connectivity index (χ1n) is 5.43. The predicted octanol–water partition coefficient (Wildman–Crippen LogP) is 1.88. The molecule has 2 N–H and O–H groups in total. The Balaban J connectivity index is 2.02. The van der Waals surface area contributed by atoms with Crippen LogP contribution in [0.1, 0.15) is 25.1 Å². The van der Waals surface area contributed by atoms with Crippen molar-refractivity contribution in [3.05, 3.63) is 23.3 Å². The van der Waals surface area contributed by atoms with Crippen LogP contribution in [0.15, 0.2) is 17.5 Å². The number of hydrogen-bond acceptors (Lipinski definition) is 4. The molecule has 1 saturated carbocycles. The van der Waals surface area contributed by atoms with E-state index in [1.54, 1.807) is 11.3 Å². The van der Waals surface area contributed by atoms with Crippen LogP contribution in [-0.2, 0) is 12.6 Å². The minimum absolute atomic E-state index is 0.239. The van der Waals surface area contributed by atoms with Gasteiger partial charge in [-0.2, -0.15) is 5.10 Å². The molecule has 0 radical (unpaired) electrons. The van der Waals surface area contributed by atoms with Gasteiger partial charge in [-0.3, -0.25) is 4.68 Å². The Hall–Kier alpha value is -1.20. The molecule has 84 valence electrons. The van der Waals surface area contributed by atoms with Crippen molar-refractivity contribution < 1.29 is 0 Å². The van der Waals surface area contributed by atoms with Crippen LogP contribution >= 0.6 is 11.3 Å². The van der Waals surface area contributed by atoms with Gasteiger partial charge in [-0.05, 0) is 30.7 Å². The highest BCUT2D eigenvalue weighted by Gasteiger charge is 2.38. The lowest BCUT2D eigenvalue weighted by atomic mass is 9.77. The number of aromatic nitrogens is 3. The van der Waals surface area contributed by atoms with Crippen molar-refractivity contribution in [3.8, 4) is 10.7 Å². The molecule has 1 aliphatic rings. The number of nitrogens with zero attached hydrogens (tertiary/aromatic N) is 3. The first-order chi connectivity index (χ1) is 7.69. The molecule has 4 nitrogen and oxygen atoms in total. The zero-order valence-corrected chi connectivity index (χ0v) is 10.00. The Labute approximate surface area is 98.1 Å². The molecular weight excluding hydrogens is 220 g/mol. The molecule has 0 saturated heterocycles. The topological polar surface area (TPSA) is 56.7 Å². The first kappa shape index (κ1) is 9.99. The molecule has 3 rings (SSSR count). The summed E-state index contributed by atoms with van der Waals surface area (Å²) in [6.45, 7) is 0. The monoisotopic (exact) mass is 234 g/mol. The molecule has 2 heterocycles. The lowest BCUT2D eigenvalue weighted by Gasteiger charge is -2.36. The molecule has 2 aromatic rings. The third kappa shape index (κ3) is 1.39. The Kier molecular flexibility index (Phi) is 2.12. The van der Waals surface area contributed by atoms with Gasteiger partial charge < -0.3 is 5.73 Å². The van der Waals surface area contributed by atoms with E-state index in [2.05, 4.69) is 10.1 Å². The summed E-state index contributed by atoms with van der Waals surface area (Å²) in [6, 6.07) is 4.05. The second kappa shape index (κ2) is 3.40. The fraction of sp³-hybridized carbons (Fsp3) is 0.455. The number of rotatable bonds is 2. The number of thiophene rings is 1. The van der Waals surface area contributed by atoms with Crippen LogP contribution < -0.4 is 5.73 Å². The van der Waals surface area contributed by atoms with Crippen molar-refractivity contribution in [3.63, 3.8) is 0 Å². The highest BCUT2D eigenvalue weighted by molar-refractivity contribution is 7.13. The maximum Gasteiger partial charge on any atom is 0.191 e. The third-order valence-electron chi connectivity index (χ3n) is 3.20. The molecule has 0 bridgehead atoms. The van der Waals surface area contributed by atoms with E-state index in [1.807, 2.05) is 29.2 Å². The molecular formula is C11H14N4S. The lowest BCUT2D eigenvalue weighted by molar-refractivity contribution is 0.230. The molecule has 2 aromatic heterocycles. The van der Waals surface area contributed by atoms with Crippen molar-refractivity contribution in [1.29, 1.82) is 0 Å². The van der Waals surface area contributed by atoms with Gasteiger partial charge in [-0.1, -0.05) is 6.07 Å². The zero-order valence-electron chi connectivity index (χ0n) is 9.18. The van der Waals surface area contributed by atoms with E-state index in [0.29, 0.717) is 0 Å². The first-order valence-corrected chi connectivity index (χ1v) is 6.31.